The Morgan fingerprint density at radius 3 is 2.19 bits per heavy atom. The summed E-state index contributed by atoms with van der Waals surface area (Å²) in [6.45, 7) is 6.60. The maximum atomic E-state index is 12.5. The van der Waals surface area contributed by atoms with E-state index in [1.165, 1.54) is 8.61 Å². The highest BCUT2D eigenvalue weighted by Crippen LogP contribution is 2.13. The Balaban J connectivity index is 1.84. The molecule has 0 aromatic heterocycles. The van der Waals surface area contributed by atoms with Crippen molar-refractivity contribution in [2.75, 3.05) is 65.6 Å². The first kappa shape index (κ1) is 16.6. The lowest BCUT2D eigenvalue weighted by Crippen LogP contribution is -2.55. The predicted molar refractivity (Wildman–Crippen MR) is 78.0 cm³/mol. The van der Waals surface area contributed by atoms with Crippen LogP contribution < -0.4 is 5.32 Å². The summed E-state index contributed by atoms with van der Waals surface area (Å²) in [5.41, 5.74) is 0. The second-order valence-electron chi connectivity index (χ2n) is 5.15. The smallest absolute Gasteiger partial charge is 0.282 e. The molecule has 2 aliphatic rings. The number of nitrogens with one attached hydrogen (secondary N) is 1. The molecule has 0 radical (unpaired) electrons. The number of carbonyl (C=O) groups excluding carboxylic acids is 1. The number of likely N-dealkylation sites (N-methyl/N-ethyl adjacent to an activating group) is 1. The van der Waals surface area contributed by atoms with Crippen molar-refractivity contribution < 1.29 is 17.9 Å². The third-order valence-electron chi connectivity index (χ3n) is 3.70. The van der Waals surface area contributed by atoms with Gasteiger partial charge in [-0.1, -0.05) is 0 Å². The van der Waals surface area contributed by atoms with Gasteiger partial charge >= 0.3 is 0 Å². The zero-order valence-electron chi connectivity index (χ0n) is 12.5. The highest BCUT2D eigenvalue weighted by atomic mass is 32.2. The van der Waals surface area contributed by atoms with Gasteiger partial charge in [0.15, 0.2) is 0 Å². The molecule has 0 aromatic carbocycles. The van der Waals surface area contributed by atoms with E-state index < -0.39 is 10.2 Å². The van der Waals surface area contributed by atoms with Gasteiger partial charge in [-0.05, 0) is 6.92 Å². The normalized spacial score (nSPS) is 23.1. The molecular formula is C12H24N4O4S. The standard InChI is InChI=1S/C12H24N4O4S/c1-2-13-12(17)11-14-3-5-15(6-4-14)21(18,19)16-7-9-20-10-8-16/h2-11H2,1H3,(H,13,17). The van der Waals surface area contributed by atoms with Crippen molar-refractivity contribution in [1.29, 1.82) is 0 Å². The number of hydrogen-bond donors (Lipinski definition) is 1. The van der Waals surface area contributed by atoms with Crippen LogP contribution in [0.4, 0.5) is 0 Å². The molecule has 0 unspecified atom stereocenters. The van der Waals surface area contributed by atoms with E-state index >= 15 is 0 Å². The number of hydrogen-bond acceptors (Lipinski definition) is 5. The van der Waals surface area contributed by atoms with E-state index in [9.17, 15) is 13.2 Å². The molecule has 2 fully saturated rings. The molecule has 0 aromatic rings. The molecule has 122 valence electrons. The number of nitrogens with zero attached hydrogens (tertiary/aromatic N) is 3. The van der Waals surface area contributed by atoms with Gasteiger partial charge in [-0.25, -0.2) is 0 Å². The lowest BCUT2D eigenvalue weighted by atomic mass is 10.3. The van der Waals surface area contributed by atoms with Gasteiger partial charge in [0.05, 0.1) is 19.8 Å². The van der Waals surface area contributed by atoms with E-state index in [4.69, 9.17) is 4.74 Å². The third kappa shape index (κ3) is 4.36. The van der Waals surface area contributed by atoms with Gasteiger partial charge in [-0.3, -0.25) is 9.69 Å². The Bertz CT molecular complexity index is 442. The fraction of sp³-hybridized carbons (Fsp3) is 0.917. The van der Waals surface area contributed by atoms with E-state index in [1.807, 2.05) is 11.8 Å². The van der Waals surface area contributed by atoms with Crippen LogP contribution in [-0.4, -0.2) is 93.4 Å². The highest BCUT2D eigenvalue weighted by molar-refractivity contribution is 7.86. The van der Waals surface area contributed by atoms with Gasteiger partial charge in [-0.2, -0.15) is 17.0 Å². The summed E-state index contributed by atoms with van der Waals surface area (Å²) in [5, 5.41) is 2.75. The summed E-state index contributed by atoms with van der Waals surface area (Å²) in [5.74, 6) is -0.0120. The predicted octanol–water partition coefficient (Wildman–Crippen LogP) is -1.68. The molecule has 1 N–H and O–H groups in total. The lowest BCUT2D eigenvalue weighted by Gasteiger charge is -2.37. The van der Waals surface area contributed by atoms with Crippen LogP contribution in [0, 0.1) is 0 Å². The van der Waals surface area contributed by atoms with Crippen LogP contribution in [0.25, 0.3) is 0 Å². The fourth-order valence-electron chi connectivity index (χ4n) is 2.52. The van der Waals surface area contributed by atoms with Crippen molar-refractivity contribution in [3.63, 3.8) is 0 Å². The molecule has 21 heavy (non-hydrogen) atoms. The molecule has 2 saturated heterocycles. The number of carbonyl (C=O) groups is 1. The summed E-state index contributed by atoms with van der Waals surface area (Å²) in [7, 11) is -3.39. The van der Waals surface area contributed by atoms with Gasteiger partial charge in [0.2, 0.25) is 5.91 Å². The summed E-state index contributed by atoms with van der Waals surface area (Å²) in [4.78, 5) is 13.5. The molecule has 8 nitrogen and oxygen atoms in total. The minimum absolute atomic E-state index is 0.0120. The largest absolute Gasteiger partial charge is 0.379 e. The summed E-state index contributed by atoms with van der Waals surface area (Å²) in [6.07, 6.45) is 0. The fourth-order valence-corrected chi connectivity index (χ4v) is 4.08. The lowest BCUT2D eigenvalue weighted by molar-refractivity contribution is -0.122. The molecule has 0 aliphatic carbocycles. The first-order chi connectivity index (χ1) is 10.0. The zero-order valence-corrected chi connectivity index (χ0v) is 13.3. The second kappa shape index (κ2) is 7.50. The van der Waals surface area contributed by atoms with Crippen LogP contribution in [0.3, 0.4) is 0 Å². The Morgan fingerprint density at radius 1 is 1.05 bits per heavy atom. The first-order valence-electron chi connectivity index (χ1n) is 7.36. The van der Waals surface area contributed by atoms with Crippen molar-refractivity contribution >= 4 is 16.1 Å². The summed E-state index contributed by atoms with van der Waals surface area (Å²) < 4.78 is 33.1. The van der Waals surface area contributed by atoms with E-state index in [0.717, 1.165) is 0 Å². The van der Waals surface area contributed by atoms with E-state index in [2.05, 4.69) is 5.32 Å². The monoisotopic (exact) mass is 320 g/mol. The average molecular weight is 320 g/mol. The molecular weight excluding hydrogens is 296 g/mol. The Labute approximate surface area is 126 Å². The Kier molecular flexibility index (Phi) is 5.94. The summed E-state index contributed by atoms with van der Waals surface area (Å²) >= 11 is 0. The third-order valence-corrected chi connectivity index (χ3v) is 5.73. The second-order valence-corrected chi connectivity index (χ2v) is 7.08. The number of ether oxygens (including phenoxy) is 1. The molecule has 2 aliphatic heterocycles. The van der Waals surface area contributed by atoms with Crippen LogP contribution in [0.2, 0.25) is 0 Å². The van der Waals surface area contributed by atoms with Crippen LogP contribution in [-0.2, 0) is 19.7 Å². The number of piperazine rings is 1. The van der Waals surface area contributed by atoms with Crippen molar-refractivity contribution in [3.05, 3.63) is 0 Å². The number of amides is 1. The van der Waals surface area contributed by atoms with Crippen molar-refractivity contribution in [1.82, 2.24) is 18.8 Å². The number of rotatable bonds is 5. The van der Waals surface area contributed by atoms with Gasteiger partial charge in [-0.15, -0.1) is 0 Å². The topological polar surface area (TPSA) is 82.2 Å². The maximum Gasteiger partial charge on any atom is 0.282 e. The van der Waals surface area contributed by atoms with Crippen LogP contribution >= 0.6 is 0 Å². The summed E-state index contributed by atoms with van der Waals surface area (Å²) in [6, 6.07) is 0. The molecule has 2 rings (SSSR count). The molecule has 9 heteroatoms. The molecule has 0 atom stereocenters. The van der Waals surface area contributed by atoms with Crippen molar-refractivity contribution in [3.8, 4) is 0 Å². The Hall–Kier alpha value is -0.740. The minimum atomic E-state index is -3.39. The molecule has 0 spiro atoms. The maximum absolute atomic E-state index is 12.5. The quantitative estimate of drug-likeness (QED) is 0.654. The van der Waals surface area contributed by atoms with Gasteiger partial charge in [0.1, 0.15) is 0 Å². The highest BCUT2D eigenvalue weighted by Gasteiger charge is 2.33. The Morgan fingerprint density at radius 2 is 1.62 bits per heavy atom. The molecule has 0 saturated carbocycles. The van der Waals surface area contributed by atoms with Crippen LogP contribution in [0.1, 0.15) is 6.92 Å². The zero-order chi connectivity index (χ0) is 15.3. The van der Waals surface area contributed by atoms with E-state index in [0.29, 0.717) is 65.6 Å². The van der Waals surface area contributed by atoms with Crippen LogP contribution in [0.15, 0.2) is 0 Å². The van der Waals surface area contributed by atoms with Gasteiger partial charge in [0, 0.05) is 45.8 Å². The molecule has 1 amide bonds. The van der Waals surface area contributed by atoms with Gasteiger partial charge < -0.3 is 10.1 Å². The van der Waals surface area contributed by atoms with Crippen LogP contribution in [0.5, 0.6) is 0 Å². The van der Waals surface area contributed by atoms with E-state index in [-0.39, 0.29) is 5.91 Å². The molecule has 0 bridgehead atoms. The SMILES string of the molecule is CCNC(=O)CN1CCN(S(=O)(=O)N2CCOCC2)CC1. The minimum Gasteiger partial charge on any atom is -0.379 e. The van der Waals surface area contributed by atoms with Crippen molar-refractivity contribution in [2.24, 2.45) is 0 Å². The molecule has 2 heterocycles. The van der Waals surface area contributed by atoms with E-state index in [1.54, 1.807) is 0 Å². The first-order valence-corrected chi connectivity index (χ1v) is 8.75. The van der Waals surface area contributed by atoms with Gasteiger partial charge in [0.25, 0.3) is 10.2 Å². The average Bonchev–Trinajstić information content (AvgIpc) is 2.49. The van der Waals surface area contributed by atoms with Crippen molar-refractivity contribution in [2.45, 2.75) is 6.92 Å². The number of morpholine rings is 1.